The summed E-state index contributed by atoms with van der Waals surface area (Å²) in [5.74, 6) is 1.10. The van der Waals surface area contributed by atoms with Gasteiger partial charge in [0.05, 0.1) is 6.04 Å². The van der Waals surface area contributed by atoms with Gasteiger partial charge in [-0.05, 0) is 24.1 Å². The Labute approximate surface area is 128 Å². The van der Waals surface area contributed by atoms with Crippen LogP contribution in [0.4, 0.5) is 0 Å². The highest BCUT2D eigenvalue weighted by atomic mass is 16.5. The quantitative estimate of drug-likeness (QED) is 0.732. The predicted octanol–water partition coefficient (Wildman–Crippen LogP) is 2.16. The van der Waals surface area contributed by atoms with E-state index in [0.717, 1.165) is 11.3 Å². The number of hydrogen-bond acceptors (Lipinski definition) is 4. The molecule has 118 valence electrons. The highest BCUT2D eigenvalue weighted by Gasteiger charge is 2.21. The Morgan fingerprint density at radius 3 is 2.29 bits per heavy atom. The van der Waals surface area contributed by atoms with Crippen LogP contribution in [-0.4, -0.2) is 31.0 Å². The molecule has 0 fully saturated rings. The second kappa shape index (κ2) is 8.80. The number of nitrogens with one attached hydrogen (secondary N) is 1. The summed E-state index contributed by atoms with van der Waals surface area (Å²) in [6, 6.07) is 8.02. The third kappa shape index (κ3) is 6.27. The maximum absolute atomic E-state index is 12.3. The van der Waals surface area contributed by atoms with E-state index in [1.165, 1.54) is 0 Å². The maximum Gasteiger partial charge on any atom is 0.152 e. The summed E-state index contributed by atoms with van der Waals surface area (Å²) in [5, 5.41) is 3.36. The molecule has 21 heavy (non-hydrogen) atoms. The first-order valence-electron chi connectivity index (χ1n) is 7.65. The number of nitrogens with two attached hydrogens (primary N) is 1. The topological polar surface area (TPSA) is 64.3 Å². The Hall–Kier alpha value is -1.39. The summed E-state index contributed by atoms with van der Waals surface area (Å²) in [6.07, 6.45) is 0.701. The molecular weight excluding hydrogens is 264 g/mol. The van der Waals surface area contributed by atoms with Crippen LogP contribution in [0.5, 0.6) is 5.75 Å². The van der Waals surface area contributed by atoms with Gasteiger partial charge in [0, 0.05) is 18.5 Å². The van der Waals surface area contributed by atoms with E-state index in [1.54, 1.807) is 0 Å². The van der Waals surface area contributed by atoms with Crippen molar-refractivity contribution >= 4 is 5.78 Å². The van der Waals surface area contributed by atoms with E-state index in [-0.39, 0.29) is 23.8 Å². The fourth-order valence-electron chi connectivity index (χ4n) is 2.18. The van der Waals surface area contributed by atoms with Crippen LogP contribution in [0.3, 0.4) is 0 Å². The third-order valence-corrected chi connectivity index (χ3v) is 3.20. The minimum atomic E-state index is -0.138. The van der Waals surface area contributed by atoms with Crippen molar-refractivity contribution in [3.05, 3.63) is 29.8 Å². The molecule has 0 aliphatic carbocycles. The van der Waals surface area contributed by atoms with Gasteiger partial charge in [0.1, 0.15) is 12.4 Å². The molecule has 0 amide bonds. The summed E-state index contributed by atoms with van der Waals surface area (Å²) < 4.78 is 5.46. The lowest BCUT2D eigenvalue weighted by molar-refractivity contribution is -0.124. The minimum Gasteiger partial charge on any atom is -0.492 e. The SMILES string of the molecule is CC(C)N[C@@H](Cc1ccc(OCCN)cc1)C(=O)C(C)C. The van der Waals surface area contributed by atoms with E-state index in [1.807, 2.05) is 38.1 Å². The molecule has 0 spiro atoms. The van der Waals surface area contributed by atoms with Crippen LogP contribution in [0.1, 0.15) is 33.3 Å². The zero-order chi connectivity index (χ0) is 15.8. The van der Waals surface area contributed by atoms with Crippen molar-refractivity contribution in [3.8, 4) is 5.75 Å². The van der Waals surface area contributed by atoms with Gasteiger partial charge >= 0.3 is 0 Å². The van der Waals surface area contributed by atoms with E-state index >= 15 is 0 Å². The van der Waals surface area contributed by atoms with Crippen LogP contribution in [0.15, 0.2) is 24.3 Å². The van der Waals surface area contributed by atoms with Gasteiger partial charge in [-0.2, -0.15) is 0 Å². The standard InChI is InChI=1S/C17H28N2O2/c1-12(2)17(20)16(19-13(3)4)11-14-5-7-15(8-6-14)21-10-9-18/h5-8,12-13,16,19H,9-11,18H2,1-4H3/t16-/m0/s1. The average Bonchev–Trinajstić information content (AvgIpc) is 2.44. The Bertz CT molecular complexity index is 427. The lowest BCUT2D eigenvalue weighted by Crippen LogP contribution is -2.44. The van der Waals surface area contributed by atoms with Gasteiger partial charge in [0.25, 0.3) is 0 Å². The first-order chi connectivity index (χ1) is 9.93. The second-order valence-electron chi connectivity index (χ2n) is 5.92. The fourth-order valence-corrected chi connectivity index (χ4v) is 2.18. The molecule has 1 rings (SSSR count). The number of Topliss-reactive ketones (excluding diaryl/α,β-unsaturated/α-hetero) is 1. The molecule has 0 aliphatic rings. The van der Waals surface area contributed by atoms with Crippen molar-refractivity contribution in [2.24, 2.45) is 11.7 Å². The molecule has 1 aromatic rings. The Morgan fingerprint density at radius 2 is 1.81 bits per heavy atom. The Balaban J connectivity index is 2.71. The van der Waals surface area contributed by atoms with Crippen molar-refractivity contribution in [1.82, 2.24) is 5.32 Å². The number of hydrogen-bond donors (Lipinski definition) is 2. The fraction of sp³-hybridized carbons (Fsp3) is 0.588. The summed E-state index contributed by atoms with van der Waals surface area (Å²) in [7, 11) is 0. The largest absolute Gasteiger partial charge is 0.492 e. The van der Waals surface area contributed by atoms with Crippen molar-refractivity contribution in [2.45, 2.75) is 46.2 Å². The van der Waals surface area contributed by atoms with Crippen molar-refractivity contribution in [3.63, 3.8) is 0 Å². The van der Waals surface area contributed by atoms with E-state index in [9.17, 15) is 4.79 Å². The van der Waals surface area contributed by atoms with Crippen molar-refractivity contribution in [2.75, 3.05) is 13.2 Å². The normalized spacial score (nSPS) is 12.7. The molecule has 4 heteroatoms. The molecule has 0 unspecified atom stereocenters. The molecule has 3 N–H and O–H groups in total. The van der Waals surface area contributed by atoms with Crippen LogP contribution in [0.25, 0.3) is 0 Å². The molecule has 0 heterocycles. The summed E-state index contributed by atoms with van der Waals surface area (Å²) in [5.41, 5.74) is 6.54. The number of ketones is 1. The third-order valence-electron chi connectivity index (χ3n) is 3.20. The second-order valence-corrected chi connectivity index (χ2v) is 5.92. The van der Waals surface area contributed by atoms with Crippen LogP contribution in [-0.2, 0) is 11.2 Å². The molecule has 0 aliphatic heterocycles. The molecular formula is C17H28N2O2. The predicted molar refractivity (Wildman–Crippen MR) is 86.6 cm³/mol. The molecule has 4 nitrogen and oxygen atoms in total. The lowest BCUT2D eigenvalue weighted by Gasteiger charge is -2.22. The molecule has 0 saturated heterocycles. The lowest BCUT2D eigenvalue weighted by atomic mass is 9.95. The summed E-state index contributed by atoms with van der Waals surface area (Å²) >= 11 is 0. The van der Waals surface area contributed by atoms with E-state index in [2.05, 4.69) is 19.2 Å². The summed E-state index contributed by atoms with van der Waals surface area (Å²) in [4.78, 5) is 12.3. The van der Waals surface area contributed by atoms with E-state index < -0.39 is 0 Å². The van der Waals surface area contributed by atoms with Gasteiger partial charge in [0.15, 0.2) is 5.78 Å². The average molecular weight is 292 g/mol. The maximum atomic E-state index is 12.3. The number of rotatable bonds is 9. The molecule has 1 atom stereocenters. The number of carbonyl (C=O) groups excluding carboxylic acids is 1. The van der Waals surface area contributed by atoms with Gasteiger partial charge in [-0.25, -0.2) is 0 Å². The van der Waals surface area contributed by atoms with E-state index in [4.69, 9.17) is 10.5 Å². The summed E-state index contributed by atoms with van der Waals surface area (Å²) in [6.45, 7) is 9.03. The Kier molecular flexibility index (Phi) is 7.40. The van der Waals surface area contributed by atoms with Gasteiger partial charge in [-0.15, -0.1) is 0 Å². The zero-order valence-corrected chi connectivity index (χ0v) is 13.6. The molecule has 0 radical (unpaired) electrons. The number of benzene rings is 1. The van der Waals surface area contributed by atoms with Crippen LogP contribution >= 0.6 is 0 Å². The first-order valence-corrected chi connectivity index (χ1v) is 7.65. The van der Waals surface area contributed by atoms with Gasteiger partial charge in [-0.1, -0.05) is 39.8 Å². The molecule has 0 bridgehead atoms. The smallest absolute Gasteiger partial charge is 0.152 e. The monoisotopic (exact) mass is 292 g/mol. The zero-order valence-electron chi connectivity index (χ0n) is 13.6. The van der Waals surface area contributed by atoms with Gasteiger partial charge in [-0.3, -0.25) is 4.79 Å². The first kappa shape index (κ1) is 17.7. The highest BCUT2D eigenvalue weighted by molar-refractivity contribution is 5.86. The van der Waals surface area contributed by atoms with Crippen LogP contribution in [0, 0.1) is 5.92 Å². The Morgan fingerprint density at radius 1 is 1.19 bits per heavy atom. The van der Waals surface area contributed by atoms with Gasteiger partial charge < -0.3 is 15.8 Å². The molecule has 0 saturated carbocycles. The van der Waals surface area contributed by atoms with Crippen LogP contribution in [0.2, 0.25) is 0 Å². The highest BCUT2D eigenvalue weighted by Crippen LogP contribution is 2.15. The molecule has 0 aromatic heterocycles. The van der Waals surface area contributed by atoms with Crippen LogP contribution < -0.4 is 15.8 Å². The minimum absolute atomic E-state index is 0.0356. The van der Waals surface area contributed by atoms with Crippen molar-refractivity contribution < 1.29 is 9.53 Å². The van der Waals surface area contributed by atoms with Gasteiger partial charge in [0.2, 0.25) is 0 Å². The number of carbonyl (C=O) groups is 1. The molecule has 1 aromatic carbocycles. The van der Waals surface area contributed by atoms with Crippen molar-refractivity contribution in [1.29, 1.82) is 0 Å². The van der Waals surface area contributed by atoms with E-state index in [0.29, 0.717) is 19.6 Å². The number of ether oxygens (including phenoxy) is 1.